The zero-order chi connectivity index (χ0) is 21.1. The van der Waals surface area contributed by atoms with Gasteiger partial charge in [0, 0.05) is 17.1 Å². The molecule has 148 valence electrons. The summed E-state index contributed by atoms with van der Waals surface area (Å²) in [5, 5.41) is 12.0. The molecular weight excluding hydrogens is 418 g/mol. The zero-order valence-electron chi connectivity index (χ0n) is 15.4. The van der Waals surface area contributed by atoms with E-state index in [1.165, 1.54) is 18.2 Å². The first kappa shape index (κ1) is 20.6. The van der Waals surface area contributed by atoms with Gasteiger partial charge in [0.25, 0.3) is 5.91 Å². The van der Waals surface area contributed by atoms with Gasteiger partial charge >= 0.3 is 0 Å². The number of hydrogen-bond acceptors (Lipinski definition) is 4. The van der Waals surface area contributed by atoms with Crippen LogP contribution < -0.4 is 10.1 Å². The number of rotatable bonds is 5. The van der Waals surface area contributed by atoms with Crippen molar-refractivity contribution >= 4 is 29.1 Å². The number of nitrogens with one attached hydrogen (secondary N) is 2. The molecule has 3 rings (SSSR count). The minimum Gasteiger partial charge on any atom is -0.454 e. The summed E-state index contributed by atoms with van der Waals surface area (Å²) in [6, 6.07) is 9.61. The molecule has 0 saturated carbocycles. The van der Waals surface area contributed by atoms with E-state index in [1.807, 2.05) is 6.07 Å². The van der Waals surface area contributed by atoms with E-state index in [0.29, 0.717) is 22.0 Å². The van der Waals surface area contributed by atoms with Crippen molar-refractivity contribution < 1.29 is 13.9 Å². The summed E-state index contributed by atoms with van der Waals surface area (Å²) in [6.07, 6.45) is 0. The summed E-state index contributed by atoms with van der Waals surface area (Å²) in [5.41, 5.74) is 1.16. The summed E-state index contributed by atoms with van der Waals surface area (Å²) in [7, 11) is 0. The molecule has 0 radical (unpaired) electrons. The molecule has 1 aromatic heterocycles. The number of nitriles is 1. The molecule has 0 bridgehead atoms. The molecular formula is C20H15Cl2FN4O2. The Kier molecular flexibility index (Phi) is 6.06. The molecule has 1 amide bonds. The quantitative estimate of drug-likeness (QED) is 0.588. The molecule has 0 aliphatic rings. The Morgan fingerprint density at radius 2 is 2.07 bits per heavy atom. The summed E-state index contributed by atoms with van der Waals surface area (Å²) in [5.74, 6) is -0.423. The van der Waals surface area contributed by atoms with Crippen LogP contribution in [0.4, 0.5) is 4.39 Å². The highest BCUT2D eigenvalue weighted by Gasteiger charge is 2.18. The van der Waals surface area contributed by atoms with Crippen LogP contribution in [0.15, 0.2) is 30.3 Å². The van der Waals surface area contributed by atoms with Gasteiger partial charge in [-0.25, -0.2) is 9.37 Å². The Morgan fingerprint density at radius 1 is 1.31 bits per heavy atom. The van der Waals surface area contributed by atoms with Gasteiger partial charge in [-0.3, -0.25) is 4.79 Å². The number of carbonyl (C=O) groups excluding carboxylic acids is 1. The smallest absolute Gasteiger partial charge is 0.271 e. The number of H-pyrrole nitrogens is 1. The van der Waals surface area contributed by atoms with Crippen LogP contribution in [0.2, 0.25) is 10.2 Å². The van der Waals surface area contributed by atoms with Crippen LogP contribution in [0.1, 0.15) is 33.0 Å². The maximum absolute atomic E-state index is 15.0. The summed E-state index contributed by atoms with van der Waals surface area (Å²) in [4.78, 5) is 18.9. The van der Waals surface area contributed by atoms with Gasteiger partial charge in [0.1, 0.15) is 17.3 Å². The molecule has 2 aromatic carbocycles. The molecule has 0 aliphatic carbocycles. The Balaban J connectivity index is 1.82. The van der Waals surface area contributed by atoms with Crippen LogP contribution in [-0.2, 0) is 6.54 Å². The maximum Gasteiger partial charge on any atom is 0.271 e. The van der Waals surface area contributed by atoms with Crippen molar-refractivity contribution in [2.24, 2.45) is 0 Å². The van der Waals surface area contributed by atoms with Crippen molar-refractivity contribution in [3.05, 3.63) is 74.5 Å². The standard InChI is InChI=1S/C20H15Cl2FN4O2/c1-10-3-4-13(9-25-20(28)17-19(22)27-11(2)26-17)16(23)18(10)29-15-6-12(8-24)5-14(21)7-15/h3-7H,9H2,1-2H3,(H,25,28)(H,26,27). The van der Waals surface area contributed by atoms with Gasteiger partial charge in [-0.05, 0) is 37.6 Å². The number of nitrogens with zero attached hydrogens (tertiary/aromatic N) is 2. The van der Waals surface area contributed by atoms with Gasteiger partial charge in [-0.1, -0.05) is 35.3 Å². The van der Waals surface area contributed by atoms with E-state index < -0.39 is 11.7 Å². The number of aromatic amines is 1. The van der Waals surface area contributed by atoms with Gasteiger partial charge in [0.15, 0.2) is 16.7 Å². The number of carbonyl (C=O) groups is 1. The molecule has 0 aliphatic heterocycles. The van der Waals surface area contributed by atoms with E-state index in [1.54, 1.807) is 26.0 Å². The zero-order valence-corrected chi connectivity index (χ0v) is 17.0. The molecule has 1 heterocycles. The monoisotopic (exact) mass is 432 g/mol. The second-order valence-corrected chi connectivity index (χ2v) is 7.04. The fraction of sp³-hybridized carbons (Fsp3) is 0.150. The first-order valence-electron chi connectivity index (χ1n) is 8.45. The van der Waals surface area contributed by atoms with Crippen LogP contribution in [0.5, 0.6) is 11.5 Å². The van der Waals surface area contributed by atoms with Crippen molar-refractivity contribution in [3.63, 3.8) is 0 Å². The topological polar surface area (TPSA) is 90.8 Å². The lowest BCUT2D eigenvalue weighted by Crippen LogP contribution is -2.24. The minimum atomic E-state index is -0.629. The molecule has 6 nitrogen and oxygen atoms in total. The van der Waals surface area contributed by atoms with E-state index in [-0.39, 0.29) is 34.5 Å². The van der Waals surface area contributed by atoms with Crippen molar-refractivity contribution in [3.8, 4) is 17.6 Å². The summed E-state index contributed by atoms with van der Waals surface area (Å²) >= 11 is 11.9. The molecule has 0 spiro atoms. The lowest BCUT2D eigenvalue weighted by atomic mass is 10.1. The third-order valence-electron chi connectivity index (χ3n) is 4.04. The molecule has 0 atom stereocenters. The SMILES string of the molecule is Cc1nc(Cl)c(C(=O)NCc2ccc(C)c(Oc3cc(Cl)cc(C#N)c3)c2F)[nH]1. The highest BCUT2D eigenvalue weighted by molar-refractivity contribution is 6.32. The van der Waals surface area contributed by atoms with Crippen LogP contribution in [-0.4, -0.2) is 15.9 Å². The normalized spacial score (nSPS) is 10.5. The first-order valence-corrected chi connectivity index (χ1v) is 9.21. The third-order valence-corrected chi connectivity index (χ3v) is 4.53. The van der Waals surface area contributed by atoms with E-state index in [4.69, 9.17) is 33.2 Å². The van der Waals surface area contributed by atoms with E-state index >= 15 is 4.39 Å². The predicted molar refractivity (Wildman–Crippen MR) is 107 cm³/mol. The second-order valence-electron chi connectivity index (χ2n) is 6.24. The predicted octanol–water partition coefficient (Wildman–Crippen LogP) is 5.07. The Hall–Kier alpha value is -3.08. The fourth-order valence-corrected chi connectivity index (χ4v) is 3.12. The van der Waals surface area contributed by atoms with Gasteiger partial charge in [-0.15, -0.1) is 0 Å². The number of halogens is 3. The highest BCUT2D eigenvalue weighted by atomic mass is 35.5. The molecule has 29 heavy (non-hydrogen) atoms. The molecule has 0 unspecified atom stereocenters. The van der Waals surface area contributed by atoms with E-state index in [2.05, 4.69) is 15.3 Å². The average molecular weight is 433 g/mol. The number of imidazole rings is 1. The van der Waals surface area contributed by atoms with E-state index in [9.17, 15) is 4.79 Å². The molecule has 2 N–H and O–H groups in total. The first-order chi connectivity index (χ1) is 13.8. The van der Waals surface area contributed by atoms with E-state index in [0.717, 1.165) is 0 Å². The molecule has 0 fully saturated rings. The summed E-state index contributed by atoms with van der Waals surface area (Å²) < 4.78 is 20.7. The Labute approximate surface area is 176 Å². The van der Waals surface area contributed by atoms with Crippen LogP contribution in [0, 0.1) is 31.0 Å². The Morgan fingerprint density at radius 3 is 2.72 bits per heavy atom. The van der Waals surface area contributed by atoms with Crippen molar-refractivity contribution in [2.75, 3.05) is 0 Å². The highest BCUT2D eigenvalue weighted by Crippen LogP contribution is 2.32. The fourth-order valence-electron chi connectivity index (χ4n) is 2.64. The minimum absolute atomic E-state index is 0.0154. The largest absolute Gasteiger partial charge is 0.454 e. The van der Waals surface area contributed by atoms with Gasteiger partial charge in [0.2, 0.25) is 0 Å². The number of hydrogen-bond donors (Lipinski definition) is 2. The number of aryl methyl sites for hydroxylation is 2. The lowest BCUT2D eigenvalue weighted by molar-refractivity contribution is 0.0946. The number of ether oxygens (including phenoxy) is 1. The van der Waals surface area contributed by atoms with Crippen molar-refractivity contribution in [1.29, 1.82) is 5.26 Å². The number of aromatic nitrogens is 2. The van der Waals surface area contributed by atoms with Crippen molar-refractivity contribution in [2.45, 2.75) is 20.4 Å². The van der Waals surface area contributed by atoms with Crippen LogP contribution >= 0.6 is 23.2 Å². The van der Waals surface area contributed by atoms with Gasteiger partial charge in [0.05, 0.1) is 11.6 Å². The summed E-state index contributed by atoms with van der Waals surface area (Å²) in [6.45, 7) is 3.26. The second kappa shape index (κ2) is 8.52. The average Bonchev–Trinajstić information content (AvgIpc) is 3.02. The Bertz CT molecular complexity index is 1140. The molecule has 3 aromatic rings. The van der Waals surface area contributed by atoms with Crippen LogP contribution in [0.25, 0.3) is 0 Å². The third kappa shape index (κ3) is 4.67. The number of amides is 1. The number of benzene rings is 2. The lowest BCUT2D eigenvalue weighted by Gasteiger charge is -2.14. The van der Waals surface area contributed by atoms with Gasteiger partial charge in [-0.2, -0.15) is 5.26 Å². The van der Waals surface area contributed by atoms with Gasteiger partial charge < -0.3 is 15.0 Å². The van der Waals surface area contributed by atoms with Crippen molar-refractivity contribution in [1.82, 2.24) is 15.3 Å². The molecule has 0 saturated heterocycles. The maximum atomic E-state index is 15.0. The van der Waals surface area contributed by atoms with Crippen LogP contribution in [0.3, 0.4) is 0 Å². The molecule has 9 heteroatoms.